The van der Waals surface area contributed by atoms with Gasteiger partial charge in [-0.05, 0) is 5.02 Å². The third-order valence-corrected chi connectivity index (χ3v) is 4.71. The van der Waals surface area contributed by atoms with Crippen molar-refractivity contribution in [2.45, 2.75) is 20.3 Å². The molecule has 0 unspecified atom stereocenters. The summed E-state index contributed by atoms with van der Waals surface area (Å²) in [6, 6.07) is 27.1. The fourth-order valence-corrected chi connectivity index (χ4v) is 3.41. The van der Waals surface area contributed by atoms with Crippen molar-refractivity contribution in [3.05, 3.63) is 108 Å². The van der Waals surface area contributed by atoms with E-state index >= 15 is 0 Å². The minimum atomic E-state index is 0. The molecule has 0 bridgehead atoms. The predicted molar refractivity (Wildman–Crippen MR) is 140 cm³/mol. The summed E-state index contributed by atoms with van der Waals surface area (Å²) >= 11 is 7.56. The summed E-state index contributed by atoms with van der Waals surface area (Å²) in [5.74, 6) is 0. The van der Waals surface area contributed by atoms with Crippen molar-refractivity contribution >= 4 is 66.7 Å². The molecule has 0 amide bonds. The first-order chi connectivity index (χ1) is 14.1. The Morgan fingerprint density at radius 2 is 1.32 bits per heavy atom. The van der Waals surface area contributed by atoms with Crippen LogP contribution in [0.15, 0.2) is 91.0 Å². The molecule has 4 heteroatoms. The molecule has 0 spiro atoms. The third-order valence-electron chi connectivity index (χ3n) is 4.38. The molecule has 1 aliphatic carbocycles. The van der Waals surface area contributed by atoms with Crippen molar-refractivity contribution in [3.8, 4) is 0 Å². The summed E-state index contributed by atoms with van der Waals surface area (Å²) in [5.41, 5.74) is 2.19. The zero-order valence-electron chi connectivity index (χ0n) is 17.6. The van der Waals surface area contributed by atoms with Crippen LogP contribution in [0.5, 0.6) is 0 Å². The number of hydrogen-bond acceptors (Lipinski definition) is 0. The van der Waals surface area contributed by atoms with Crippen LogP contribution in [0.2, 0.25) is 5.02 Å². The monoisotopic (exact) mass is 544 g/mol. The Labute approximate surface area is 217 Å². The molecule has 0 aromatic heterocycles. The van der Waals surface area contributed by atoms with Crippen LogP contribution in [-0.4, -0.2) is 3.21 Å². The SMILES string of the molecule is C[C](C)=[Zr+2].Cl.Cl.Clc1ccccc1C1=[C-]CC=C1.c1ccc2c(c1)[cH-]c1ccccc12. The second-order valence-corrected chi connectivity index (χ2v) is 9.86. The molecule has 0 nitrogen and oxygen atoms in total. The zero-order chi connectivity index (χ0) is 20.6. The molecular formula is C27H25Cl3Zr. The van der Waals surface area contributed by atoms with Gasteiger partial charge in [0.1, 0.15) is 0 Å². The number of allylic oxidation sites excluding steroid dienone is 4. The number of halogens is 3. The van der Waals surface area contributed by atoms with E-state index in [-0.39, 0.29) is 24.8 Å². The largest absolute Gasteiger partial charge is 0.197 e. The van der Waals surface area contributed by atoms with Crippen molar-refractivity contribution in [1.29, 1.82) is 0 Å². The summed E-state index contributed by atoms with van der Waals surface area (Å²) in [6.07, 6.45) is 8.28. The maximum absolute atomic E-state index is 6.01. The van der Waals surface area contributed by atoms with Gasteiger partial charge >= 0.3 is 41.3 Å². The molecule has 5 rings (SSSR count). The topological polar surface area (TPSA) is 0 Å². The molecule has 31 heavy (non-hydrogen) atoms. The van der Waals surface area contributed by atoms with Crippen LogP contribution in [0, 0.1) is 6.08 Å². The second kappa shape index (κ2) is 13.9. The first-order valence-corrected chi connectivity index (χ1v) is 11.2. The first-order valence-electron chi connectivity index (χ1n) is 9.63. The molecule has 0 N–H and O–H groups in total. The summed E-state index contributed by atoms with van der Waals surface area (Å²) in [5, 5.41) is 6.19. The van der Waals surface area contributed by atoms with E-state index in [1.54, 1.807) is 24.2 Å². The van der Waals surface area contributed by atoms with Gasteiger partial charge in [0.25, 0.3) is 0 Å². The zero-order valence-corrected chi connectivity index (χ0v) is 22.4. The standard InChI is InChI=1S/C13H9.C11H8Cl.C3H6.2ClH.Zr/c1-3-7-12-10(5-1)9-11-6-2-4-8-13(11)12;12-11-8-4-3-7-10(11)9-5-1-2-6-9;1-3-2;;;/h1-9H;1,3-5,7-8H,2H2;1-2H3;2*1H;/q2*-1;;;;+2. The van der Waals surface area contributed by atoms with Gasteiger partial charge in [0.15, 0.2) is 0 Å². The molecule has 4 aromatic carbocycles. The third kappa shape index (κ3) is 7.92. The fraction of sp³-hybridized carbons (Fsp3) is 0.111. The van der Waals surface area contributed by atoms with Crippen LogP contribution in [0.3, 0.4) is 0 Å². The Morgan fingerprint density at radius 3 is 1.81 bits per heavy atom. The second-order valence-electron chi connectivity index (χ2n) is 7.00. The van der Waals surface area contributed by atoms with Gasteiger partial charge in [-0.2, -0.15) is 17.7 Å². The van der Waals surface area contributed by atoms with E-state index in [0.717, 1.165) is 22.6 Å². The number of fused-ring (bicyclic) bond motifs is 3. The molecule has 4 aromatic rings. The van der Waals surface area contributed by atoms with Crippen molar-refractivity contribution in [3.63, 3.8) is 0 Å². The van der Waals surface area contributed by atoms with E-state index in [1.807, 2.05) is 24.3 Å². The normalized spacial score (nSPS) is 11.3. The summed E-state index contributed by atoms with van der Waals surface area (Å²) in [4.78, 5) is 0. The van der Waals surface area contributed by atoms with Crippen LogP contribution < -0.4 is 0 Å². The van der Waals surface area contributed by atoms with Gasteiger partial charge in [-0.25, -0.2) is 0 Å². The van der Waals surface area contributed by atoms with Crippen molar-refractivity contribution < 1.29 is 24.2 Å². The maximum Gasteiger partial charge on any atom is -0.00692 e. The van der Waals surface area contributed by atoms with Gasteiger partial charge in [-0.15, -0.1) is 82.3 Å². The first kappa shape index (κ1) is 27.7. The van der Waals surface area contributed by atoms with Gasteiger partial charge in [0.05, 0.1) is 0 Å². The van der Waals surface area contributed by atoms with Crippen LogP contribution in [0.4, 0.5) is 0 Å². The van der Waals surface area contributed by atoms with Crippen LogP contribution in [0.1, 0.15) is 25.8 Å². The number of benzene rings is 3. The smallest absolute Gasteiger partial charge is 0.00692 e. The van der Waals surface area contributed by atoms with Crippen LogP contribution in [-0.2, 0) is 24.2 Å². The van der Waals surface area contributed by atoms with Crippen molar-refractivity contribution in [2.24, 2.45) is 0 Å². The Balaban J connectivity index is 0.000000252. The van der Waals surface area contributed by atoms with Gasteiger partial charge in [-0.1, -0.05) is 72.6 Å². The molecule has 0 heterocycles. The summed E-state index contributed by atoms with van der Waals surface area (Å²) < 4.78 is 1.51. The maximum atomic E-state index is 6.01. The summed E-state index contributed by atoms with van der Waals surface area (Å²) in [6.45, 7) is 4.25. The minimum absolute atomic E-state index is 0. The van der Waals surface area contributed by atoms with E-state index in [9.17, 15) is 0 Å². The van der Waals surface area contributed by atoms with Crippen molar-refractivity contribution in [1.82, 2.24) is 0 Å². The summed E-state index contributed by atoms with van der Waals surface area (Å²) in [7, 11) is 0. The molecule has 0 saturated heterocycles. The average molecular weight is 547 g/mol. The van der Waals surface area contributed by atoms with Gasteiger partial charge in [0.2, 0.25) is 0 Å². The molecule has 0 saturated carbocycles. The molecule has 0 aliphatic heterocycles. The van der Waals surface area contributed by atoms with Crippen LogP contribution in [0.25, 0.3) is 27.1 Å². The Hall–Kier alpha value is -1.37. The van der Waals surface area contributed by atoms with Gasteiger partial charge < -0.3 is 0 Å². The van der Waals surface area contributed by atoms with Crippen molar-refractivity contribution in [2.75, 3.05) is 0 Å². The minimum Gasteiger partial charge on any atom is -0.197 e. The molecule has 158 valence electrons. The fourth-order valence-electron chi connectivity index (χ4n) is 3.17. The molecule has 1 aliphatic rings. The van der Waals surface area contributed by atoms with E-state index in [4.69, 9.17) is 11.6 Å². The molecule has 0 radical (unpaired) electrons. The van der Waals surface area contributed by atoms with E-state index < -0.39 is 0 Å². The Morgan fingerprint density at radius 1 is 0.839 bits per heavy atom. The van der Waals surface area contributed by atoms with Crippen LogP contribution >= 0.6 is 36.4 Å². The molecule has 0 atom stereocenters. The number of hydrogen-bond donors (Lipinski definition) is 0. The van der Waals surface area contributed by atoms with E-state index in [2.05, 4.69) is 86.7 Å². The van der Waals surface area contributed by atoms with Gasteiger partial charge in [-0.3, -0.25) is 0 Å². The molecular weight excluding hydrogens is 522 g/mol. The average Bonchev–Trinajstić information content (AvgIpc) is 3.36. The molecule has 0 fully saturated rings. The van der Waals surface area contributed by atoms with Gasteiger partial charge in [0, 0.05) is 0 Å². The number of rotatable bonds is 1. The van der Waals surface area contributed by atoms with E-state index in [1.165, 1.54) is 24.8 Å². The quantitative estimate of drug-likeness (QED) is 0.209. The Kier molecular flexibility index (Phi) is 12.4. The van der Waals surface area contributed by atoms with E-state index in [0.29, 0.717) is 0 Å². The predicted octanol–water partition coefficient (Wildman–Crippen LogP) is 8.79. The Bertz CT molecular complexity index is 1130.